The summed E-state index contributed by atoms with van der Waals surface area (Å²) in [5, 5.41) is 10.7. The zero-order valence-electron chi connectivity index (χ0n) is 8.23. The first-order chi connectivity index (χ1) is 8.05. The van der Waals surface area contributed by atoms with E-state index in [1.165, 1.54) is 12.1 Å². The van der Waals surface area contributed by atoms with Crippen LogP contribution in [0.3, 0.4) is 0 Å². The molecule has 0 fully saturated rings. The molecule has 0 amide bonds. The van der Waals surface area contributed by atoms with Crippen LogP contribution in [0.2, 0.25) is 0 Å². The molecule has 0 aliphatic rings. The maximum atomic E-state index is 11.2. The van der Waals surface area contributed by atoms with E-state index in [0.717, 1.165) is 12.1 Å². The summed E-state index contributed by atoms with van der Waals surface area (Å²) in [5.74, 6) is 0. The fraction of sp³-hybridized carbons (Fsp3) is 0. The molecule has 1 aromatic carbocycles. The van der Waals surface area contributed by atoms with Crippen LogP contribution in [-0.2, 0) is 18.5 Å². The molecule has 0 unspecified atom stereocenters. The van der Waals surface area contributed by atoms with Gasteiger partial charge in [-0.2, -0.15) is 16.8 Å². The Morgan fingerprint density at radius 3 is 1.89 bits per heavy atom. The molecule has 0 aromatic heterocycles. The van der Waals surface area contributed by atoms with Gasteiger partial charge in [-0.1, -0.05) is 12.1 Å². The molecule has 0 aliphatic heterocycles. The van der Waals surface area contributed by atoms with Gasteiger partial charge in [-0.05, 0) is 6.07 Å². The minimum Gasteiger partial charge on any atom is -0.258 e. The topological polar surface area (TPSA) is 115 Å². The van der Waals surface area contributed by atoms with E-state index in [9.17, 15) is 26.9 Å². The molecule has 0 aliphatic carbocycles. The molecular weight excluding hydrogens is 331 g/mol. The van der Waals surface area contributed by atoms with Crippen molar-refractivity contribution in [2.75, 3.05) is 3.71 Å². The van der Waals surface area contributed by atoms with E-state index < -0.39 is 38.5 Å². The first-order valence-corrected chi connectivity index (χ1v) is 8.51. The van der Waals surface area contributed by atoms with Crippen molar-refractivity contribution >= 4 is 51.2 Å². The highest BCUT2D eigenvalue weighted by atomic mass is 35.7. The van der Waals surface area contributed by atoms with Gasteiger partial charge < -0.3 is 0 Å². The van der Waals surface area contributed by atoms with E-state index in [4.69, 9.17) is 21.4 Å². The van der Waals surface area contributed by atoms with E-state index in [-0.39, 0.29) is 0 Å². The fourth-order valence-electron chi connectivity index (χ4n) is 1.11. The summed E-state index contributed by atoms with van der Waals surface area (Å²) in [4.78, 5) is 9.72. The number of nitro groups is 1. The van der Waals surface area contributed by atoms with Crippen molar-refractivity contribution in [1.29, 1.82) is 0 Å². The molecule has 0 saturated carbocycles. The predicted molar refractivity (Wildman–Crippen MR) is 65.1 cm³/mol. The predicted octanol–water partition coefficient (Wildman–Crippen LogP) is 1.37. The smallest absolute Gasteiger partial charge is 0.258 e. The average Bonchev–Trinajstić information content (AvgIpc) is 2.13. The third-order valence-electron chi connectivity index (χ3n) is 1.67. The zero-order valence-corrected chi connectivity index (χ0v) is 11.4. The van der Waals surface area contributed by atoms with E-state index in [1.54, 1.807) is 0 Å². The molecule has 1 rings (SSSR count). The SMILES string of the molecule is O=[N+]([O-])c1ccccc1N(S(=O)(=O)Cl)S(=O)(=O)Cl. The average molecular weight is 335 g/mol. The highest BCUT2D eigenvalue weighted by Crippen LogP contribution is 2.34. The molecule has 1 aromatic rings. The van der Waals surface area contributed by atoms with Crippen molar-refractivity contribution in [1.82, 2.24) is 0 Å². The van der Waals surface area contributed by atoms with Gasteiger partial charge >= 0.3 is 18.5 Å². The minimum absolute atomic E-state index is 0.429. The molecular formula is C6H4Cl2N2O6S2. The third-order valence-corrected chi connectivity index (χ3v) is 5.35. The highest BCUT2D eigenvalue weighted by molar-refractivity contribution is 8.29. The molecule has 12 heteroatoms. The summed E-state index contributed by atoms with van der Waals surface area (Å²) in [6, 6.07) is 4.21. The van der Waals surface area contributed by atoms with Gasteiger partial charge in [0.1, 0.15) is 5.69 Å². The van der Waals surface area contributed by atoms with Crippen molar-refractivity contribution in [2.24, 2.45) is 0 Å². The van der Waals surface area contributed by atoms with Crippen molar-refractivity contribution < 1.29 is 21.8 Å². The van der Waals surface area contributed by atoms with Crippen LogP contribution < -0.4 is 3.71 Å². The normalized spacial score (nSPS) is 12.1. The van der Waals surface area contributed by atoms with E-state index >= 15 is 0 Å². The number of rotatable bonds is 4. The molecule has 0 saturated heterocycles. The summed E-state index contributed by atoms with van der Waals surface area (Å²) in [6.07, 6.45) is 0. The summed E-state index contributed by atoms with van der Waals surface area (Å²) >= 11 is 0. The van der Waals surface area contributed by atoms with Crippen molar-refractivity contribution in [3.05, 3.63) is 34.4 Å². The number of benzene rings is 1. The first kappa shape index (κ1) is 15.0. The van der Waals surface area contributed by atoms with Crippen LogP contribution in [0, 0.1) is 10.1 Å². The minimum atomic E-state index is -4.85. The third kappa shape index (κ3) is 3.22. The Bertz CT molecular complexity index is 654. The first-order valence-electron chi connectivity index (χ1n) is 3.98. The standard InChI is InChI=1S/C6H4Cl2N2O6S2/c7-17(13,14)10(18(8,15)16)6-4-2-1-3-5(6)9(11)12/h1-4H. The number of halogens is 2. The second-order valence-electron chi connectivity index (χ2n) is 2.83. The number of para-hydroxylation sites is 2. The van der Waals surface area contributed by atoms with E-state index in [1.807, 2.05) is 0 Å². The number of anilines is 1. The van der Waals surface area contributed by atoms with Crippen LogP contribution in [0.25, 0.3) is 0 Å². The van der Waals surface area contributed by atoms with Crippen LogP contribution in [-0.4, -0.2) is 21.8 Å². The molecule has 8 nitrogen and oxygen atoms in total. The zero-order chi connectivity index (χ0) is 14.1. The van der Waals surface area contributed by atoms with E-state index in [0.29, 0.717) is 0 Å². The number of nitro benzene ring substituents is 1. The van der Waals surface area contributed by atoms with Gasteiger partial charge in [0.15, 0.2) is 0 Å². The lowest BCUT2D eigenvalue weighted by molar-refractivity contribution is -0.384. The lowest BCUT2D eigenvalue weighted by Gasteiger charge is -2.15. The largest absolute Gasteiger partial charge is 0.335 e. The Morgan fingerprint density at radius 2 is 1.50 bits per heavy atom. The van der Waals surface area contributed by atoms with E-state index in [2.05, 4.69) is 0 Å². The summed E-state index contributed by atoms with van der Waals surface area (Å²) in [6.45, 7) is 0. The molecule has 0 radical (unpaired) electrons. The molecule has 0 heterocycles. The maximum Gasteiger partial charge on any atom is 0.335 e. The second kappa shape index (κ2) is 4.88. The van der Waals surface area contributed by atoms with Crippen LogP contribution in [0.4, 0.5) is 11.4 Å². The van der Waals surface area contributed by atoms with Gasteiger partial charge in [-0.25, -0.2) is 0 Å². The maximum absolute atomic E-state index is 11.2. The van der Waals surface area contributed by atoms with Gasteiger partial charge in [-0.15, -0.1) is 3.71 Å². The summed E-state index contributed by atoms with van der Waals surface area (Å²) in [7, 11) is 0.113. The number of hydrogen-bond donors (Lipinski definition) is 0. The molecule has 100 valence electrons. The second-order valence-corrected chi connectivity index (χ2v) is 7.78. The molecule has 18 heavy (non-hydrogen) atoms. The van der Waals surface area contributed by atoms with Crippen LogP contribution in [0.15, 0.2) is 24.3 Å². The Kier molecular flexibility index (Phi) is 4.05. The Morgan fingerprint density at radius 1 is 1.06 bits per heavy atom. The Balaban J connectivity index is 3.66. The van der Waals surface area contributed by atoms with Crippen molar-refractivity contribution in [3.8, 4) is 0 Å². The molecule has 0 N–H and O–H groups in total. The summed E-state index contributed by atoms with van der Waals surface area (Å²) in [5.41, 5.74) is -1.54. The van der Waals surface area contributed by atoms with Crippen LogP contribution in [0.1, 0.15) is 0 Å². The number of hydrogen-bond acceptors (Lipinski definition) is 6. The van der Waals surface area contributed by atoms with Crippen molar-refractivity contribution in [3.63, 3.8) is 0 Å². The fourth-order valence-corrected chi connectivity index (χ4v) is 4.78. The summed E-state index contributed by atoms with van der Waals surface area (Å²) < 4.78 is 44.2. The lowest BCUT2D eigenvalue weighted by atomic mass is 10.3. The van der Waals surface area contributed by atoms with Gasteiger partial charge in [0.2, 0.25) is 0 Å². The van der Waals surface area contributed by atoms with Crippen LogP contribution in [0.5, 0.6) is 0 Å². The Hall–Kier alpha value is -1.10. The Labute approximate surface area is 111 Å². The van der Waals surface area contributed by atoms with Gasteiger partial charge in [0.25, 0.3) is 5.69 Å². The lowest BCUT2D eigenvalue weighted by Crippen LogP contribution is -2.30. The van der Waals surface area contributed by atoms with Gasteiger partial charge in [0.05, 0.1) is 4.92 Å². The molecule has 0 bridgehead atoms. The van der Waals surface area contributed by atoms with Crippen molar-refractivity contribution in [2.45, 2.75) is 0 Å². The highest BCUT2D eigenvalue weighted by Gasteiger charge is 2.36. The van der Waals surface area contributed by atoms with Gasteiger partial charge in [0, 0.05) is 27.4 Å². The van der Waals surface area contributed by atoms with Crippen LogP contribution >= 0.6 is 21.4 Å². The quantitative estimate of drug-likeness (QED) is 0.466. The van der Waals surface area contributed by atoms with Gasteiger partial charge in [-0.3, -0.25) is 10.1 Å². The molecule has 0 spiro atoms. The number of nitrogens with zero attached hydrogens (tertiary/aromatic N) is 2. The molecule has 0 atom stereocenters. The monoisotopic (exact) mass is 334 g/mol.